The van der Waals surface area contributed by atoms with Gasteiger partial charge >= 0.3 is 0 Å². The minimum Gasteiger partial charge on any atom is -0.268 e. The van der Waals surface area contributed by atoms with E-state index in [1.54, 1.807) is 31.2 Å². The number of benzene rings is 3. The molecule has 0 aliphatic carbocycles. The van der Waals surface area contributed by atoms with Crippen LogP contribution < -0.4 is 4.90 Å². The monoisotopic (exact) mass is 422 g/mol. The Balaban J connectivity index is 1.59. The molecule has 2 amide bonds. The molecule has 5 aromatic rings. The van der Waals surface area contributed by atoms with E-state index < -0.39 is 17.6 Å². The third-order valence-corrected chi connectivity index (χ3v) is 5.81. The number of fused-ring (bicyclic) bond motifs is 4. The van der Waals surface area contributed by atoms with Gasteiger partial charge in [-0.3, -0.25) is 9.59 Å². The van der Waals surface area contributed by atoms with Crippen LogP contribution >= 0.6 is 0 Å². The highest BCUT2D eigenvalue weighted by atomic mass is 19.1. The Hall–Kier alpha value is -4.39. The zero-order valence-corrected chi connectivity index (χ0v) is 16.9. The van der Waals surface area contributed by atoms with Gasteiger partial charge in [0.25, 0.3) is 11.8 Å². The summed E-state index contributed by atoms with van der Waals surface area (Å²) in [5, 5.41) is 6.61. The Morgan fingerprint density at radius 1 is 0.844 bits per heavy atom. The molecule has 154 valence electrons. The summed E-state index contributed by atoms with van der Waals surface area (Å²) >= 11 is 0. The van der Waals surface area contributed by atoms with Crippen molar-refractivity contribution in [1.29, 1.82) is 0 Å². The molecule has 6 rings (SSSR count). The lowest BCUT2D eigenvalue weighted by molar-refractivity contribution is 0.0927. The fourth-order valence-electron chi connectivity index (χ4n) is 4.37. The van der Waals surface area contributed by atoms with Gasteiger partial charge < -0.3 is 0 Å². The van der Waals surface area contributed by atoms with Crippen molar-refractivity contribution < 1.29 is 14.0 Å². The molecule has 0 unspecified atom stereocenters. The number of pyridine rings is 1. The van der Waals surface area contributed by atoms with Crippen molar-refractivity contribution in [3.63, 3.8) is 0 Å². The molecule has 0 bridgehead atoms. The molecular formula is C25H15FN4O2. The fourth-order valence-corrected chi connectivity index (χ4v) is 4.37. The normalized spacial score (nSPS) is 13.4. The number of aryl methyl sites for hydroxylation is 1. The van der Waals surface area contributed by atoms with Gasteiger partial charge in [-0.25, -0.2) is 19.0 Å². The summed E-state index contributed by atoms with van der Waals surface area (Å²) < 4.78 is 15.8. The van der Waals surface area contributed by atoms with Gasteiger partial charge in [0, 0.05) is 11.6 Å². The van der Waals surface area contributed by atoms with Crippen molar-refractivity contribution in [2.45, 2.75) is 6.92 Å². The lowest BCUT2D eigenvalue weighted by atomic mass is 10.1. The van der Waals surface area contributed by atoms with Crippen LogP contribution in [0.3, 0.4) is 0 Å². The summed E-state index contributed by atoms with van der Waals surface area (Å²) in [6.45, 7) is 1.72. The first-order chi connectivity index (χ1) is 15.6. The topological polar surface area (TPSA) is 68.1 Å². The molecule has 3 aromatic carbocycles. The maximum atomic E-state index is 14.4. The van der Waals surface area contributed by atoms with Crippen LogP contribution in [0.5, 0.6) is 0 Å². The lowest BCUT2D eigenvalue weighted by Gasteiger charge is -2.16. The van der Waals surface area contributed by atoms with Crippen molar-refractivity contribution in [2.75, 3.05) is 4.90 Å². The third kappa shape index (κ3) is 2.39. The average molecular weight is 422 g/mol. The third-order valence-electron chi connectivity index (χ3n) is 5.81. The smallest absolute Gasteiger partial charge is 0.267 e. The summed E-state index contributed by atoms with van der Waals surface area (Å²) in [5.41, 5.74) is 2.02. The first-order valence-electron chi connectivity index (χ1n) is 10.1. The highest BCUT2D eigenvalue weighted by molar-refractivity contribution is 6.38. The van der Waals surface area contributed by atoms with Gasteiger partial charge in [-0.2, -0.15) is 5.10 Å². The molecule has 1 aliphatic rings. The molecule has 0 spiro atoms. The number of carbonyl (C=O) groups excluding carboxylic acids is 2. The van der Waals surface area contributed by atoms with Crippen molar-refractivity contribution >= 4 is 39.3 Å². The first kappa shape index (κ1) is 18.4. The number of nitrogens with zero attached hydrogens (tertiary/aromatic N) is 4. The van der Waals surface area contributed by atoms with E-state index in [-0.39, 0.29) is 16.8 Å². The van der Waals surface area contributed by atoms with Crippen LogP contribution in [-0.2, 0) is 0 Å². The van der Waals surface area contributed by atoms with E-state index >= 15 is 0 Å². The van der Waals surface area contributed by atoms with E-state index in [4.69, 9.17) is 0 Å². The Bertz CT molecular complexity index is 1600. The van der Waals surface area contributed by atoms with Gasteiger partial charge in [0.15, 0.2) is 5.65 Å². The molecule has 0 saturated carbocycles. The van der Waals surface area contributed by atoms with E-state index in [1.165, 1.54) is 21.8 Å². The maximum Gasteiger partial charge on any atom is 0.267 e. The number of hydrogen-bond acceptors (Lipinski definition) is 4. The molecule has 0 N–H and O–H groups in total. The van der Waals surface area contributed by atoms with Gasteiger partial charge in [0.05, 0.1) is 27.9 Å². The van der Waals surface area contributed by atoms with Crippen molar-refractivity contribution in [3.8, 4) is 5.69 Å². The van der Waals surface area contributed by atoms with Crippen LogP contribution in [0, 0.1) is 12.7 Å². The number of carbonyl (C=O) groups is 2. The molecule has 6 nitrogen and oxygen atoms in total. The quantitative estimate of drug-likeness (QED) is 0.383. The van der Waals surface area contributed by atoms with E-state index in [0.29, 0.717) is 22.4 Å². The van der Waals surface area contributed by atoms with Crippen LogP contribution in [-0.4, -0.2) is 26.6 Å². The molecular weight excluding hydrogens is 407 g/mol. The van der Waals surface area contributed by atoms with E-state index in [1.807, 2.05) is 36.4 Å². The van der Waals surface area contributed by atoms with Gasteiger partial charge in [-0.05, 0) is 30.5 Å². The summed E-state index contributed by atoms with van der Waals surface area (Å²) in [7, 11) is 0. The van der Waals surface area contributed by atoms with Crippen LogP contribution in [0.4, 0.5) is 10.1 Å². The molecule has 0 atom stereocenters. The minimum atomic E-state index is -0.459. The predicted molar refractivity (Wildman–Crippen MR) is 119 cm³/mol. The summed E-state index contributed by atoms with van der Waals surface area (Å²) in [6.07, 6.45) is 1.38. The van der Waals surface area contributed by atoms with Crippen LogP contribution in [0.25, 0.3) is 27.5 Å². The first-order valence-corrected chi connectivity index (χ1v) is 10.1. The SMILES string of the molecule is Cc1nn(-c2ccccc2F)c2ncc3c(c12)C(=O)N(c1cccc2ccccc12)C3=O. The average Bonchev–Trinajstić information content (AvgIpc) is 3.27. The predicted octanol–water partition coefficient (Wildman–Crippen LogP) is 4.82. The van der Waals surface area contributed by atoms with Gasteiger partial charge in [0.1, 0.15) is 11.5 Å². The Morgan fingerprint density at radius 3 is 2.41 bits per heavy atom. The van der Waals surface area contributed by atoms with Crippen LogP contribution in [0.1, 0.15) is 26.4 Å². The number of para-hydroxylation sites is 1. The molecule has 0 saturated heterocycles. The second-order valence-corrected chi connectivity index (χ2v) is 7.64. The zero-order chi connectivity index (χ0) is 22.0. The van der Waals surface area contributed by atoms with Gasteiger partial charge in [0.2, 0.25) is 0 Å². The maximum absolute atomic E-state index is 14.4. The number of rotatable bonds is 2. The van der Waals surface area contributed by atoms with Crippen LogP contribution in [0.2, 0.25) is 0 Å². The van der Waals surface area contributed by atoms with Gasteiger partial charge in [-0.1, -0.05) is 48.5 Å². The summed E-state index contributed by atoms with van der Waals surface area (Å²) in [4.78, 5) is 32.5. The number of aromatic nitrogens is 3. The van der Waals surface area contributed by atoms with Crippen molar-refractivity contribution in [3.05, 3.63) is 95.6 Å². The molecule has 1 aliphatic heterocycles. The second-order valence-electron chi connectivity index (χ2n) is 7.64. The van der Waals surface area contributed by atoms with Crippen molar-refractivity contribution in [2.24, 2.45) is 0 Å². The molecule has 32 heavy (non-hydrogen) atoms. The minimum absolute atomic E-state index is 0.214. The molecule has 0 fully saturated rings. The number of anilines is 1. The molecule has 2 aromatic heterocycles. The standard InChI is InChI=1S/C25H15FN4O2/c1-14-21-22-17(13-27-23(21)30(28-14)20-11-5-4-10-18(20)26)24(31)29(25(22)32)19-12-6-8-15-7-2-3-9-16(15)19/h2-13H,1H3. The second kappa shape index (κ2) is 6.55. The fraction of sp³-hybridized carbons (Fsp3) is 0.0400. The Morgan fingerprint density at radius 2 is 1.56 bits per heavy atom. The number of halogens is 1. The zero-order valence-electron chi connectivity index (χ0n) is 16.9. The van der Waals surface area contributed by atoms with Crippen molar-refractivity contribution in [1.82, 2.24) is 14.8 Å². The number of amides is 2. The number of hydrogen-bond donors (Lipinski definition) is 0. The highest BCUT2D eigenvalue weighted by Crippen LogP contribution is 2.37. The molecule has 3 heterocycles. The van der Waals surface area contributed by atoms with Gasteiger partial charge in [-0.15, -0.1) is 0 Å². The Labute approximate surface area is 181 Å². The number of imide groups is 1. The van der Waals surface area contributed by atoms with Crippen LogP contribution in [0.15, 0.2) is 72.9 Å². The lowest BCUT2D eigenvalue weighted by Crippen LogP contribution is -2.29. The molecule has 7 heteroatoms. The largest absolute Gasteiger partial charge is 0.268 e. The highest BCUT2D eigenvalue weighted by Gasteiger charge is 2.40. The Kier molecular flexibility index (Phi) is 3.76. The van der Waals surface area contributed by atoms with E-state index in [0.717, 1.165) is 10.8 Å². The summed E-state index contributed by atoms with van der Waals surface area (Å²) in [5.74, 6) is -1.34. The molecule has 0 radical (unpaired) electrons. The van der Waals surface area contributed by atoms with E-state index in [2.05, 4.69) is 10.1 Å². The van der Waals surface area contributed by atoms with E-state index in [9.17, 15) is 14.0 Å². The summed E-state index contributed by atoms with van der Waals surface area (Å²) in [6, 6.07) is 19.3.